The molecule has 0 unspecified atom stereocenters. The summed E-state index contributed by atoms with van der Waals surface area (Å²) in [5, 5.41) is 0.181. The zero-order valence-corrected chi connectivity index (χ0v) is 26.0. The molecule has 36 heavy (non-hydrogen) atoms. The maximum atomic E-state index is 13.3. The minimum absolute atomic E-state index is 0.181. The summed E-state index contributed by atoms with van der Waals surface area (Å²) >= 11 is 0. The van der Waals surface area contributed by atoms with Crippen molar-refractivity contribution >= 4 is 14.3 Å². The zero-order valence-electron chi connectivity index (χ0n) is 25.0. The summed E-state index contributed by atoms with van der Waals surface area (Å²) in [5.41, 5.74) is 5.43. The predicted molar refractivity (Wildman–Crippen MR) is 156 cm³/mol. The fourth-order valence-corrected chi connectivity index (χ4v) is 5.57. The minimum atomic E-state index is -1.82. The third kappa shape index (κ3) is 7.79. The third-order valence-corrected chi connectivity index (χ3v) is 12.3. The molecule has 1 atom stereocenters. The smallest absolute Gasteiger partial charge is 0.318 e. The van der Waals surface area contributed by atoms with Gasteiger partial charge in [0.05, 0.1) is 5.92 Å². The van der Waals surface area contributed by atoms with Crippen molar-refractivity contribution in [3.05, 3.63) is 64.2 Å². The van der Waals surface area contributed by atoms with Gasteiger partial charge in [-0.05, 0) is 91.4 Å². The number of hydrogen-bond acceptors (Lipinski definition) is 3. The third-order valence-electron chi connectivity index (χ3n) is 7.80. The maximum Gasteiger partial charge on any atom is 0.318 e. The molecular formula is C32H50O3Si. The molecule has 0 aliphatic carbocycles. The highest BCUT2D eigenvalue weighted by atomic mass is 28.4. The van der Waals surface area contributed by atoms with E-state index in [0.717, 1.165) is 35.1 Å². The monoisotopic (exact) mass is 510 g/mol. The second kappa shape index (κ2) is 11.6. The highest BCUT2D eigenvalue weighted by Crippen LogP contribution is 2.40. The Bertz CT molecular complexity index is 1030. The van der Waals surface area contributed by atoms with Crippen LogP contribution in [-0.4, -0.2) is 20.9 Å². The highest BCUT2D eigenvalue weighted by molar-refractivity contribution is 6.74. The van der Waals surface area contributed by atoms with E-state index in [1.54, 1.807) is 0 Å². The molecule has 0 spiro atoms. The van der Waals surface area contributed by atoms with E-state index in [0.29, 0.717) is 18.3 Å². The number of carbonyl (C=O) groups excluding carboxylic acids is 1. The molecule has 0 bridgehead atoms. The molecule has 0 aromatic heterocycles. The van der Waals surface area contributed by atoms with Gasteiger partial charge in [0.2, 0.25) is 0 Å². The van der Waals surface area contributed by atoms with Gasteiger partial charge in [-0.15, -0.1) is 0 Å². The van der Waals surface area contributed by atoms with Gasteiger partial charge in [0.1, 0.15) is 5.75 Å². The molecule has 3 nitrogen and oxygen atoms in total. The van der Waals surface area contributed by atoms with Crippen molar-refractivity contribution < 1.29 is 14.0 Å². The van der Waals surface area contributed by atoms with Crippen molar-refractivity contribution in [3.8, 4) is 5.75 Å². The summed E-state index contributed by atoms with van der Waals surface area (Å²) in [7, 11) is -1.82. The summed E-state index contributed by atoms with van der Waals surface area (Å²) < 4.78 is 12.6. The first-order valence-electron chi connectivity index (χ1n) is 13.5. The first kappa shape index (κ1) is 30.3. The van der Waals surface area contributed by atoms with Crippen LogP contribution in [0.4, 0.5) is 0 Å². The first-order chi connectivity index (χ1) is 16.4. The van der Waals surface area contributed by atoms with E-state index in [2.05, 4.69) is 106 Å². The number of carbonyl (C=O) groups is 1. The van der Waals surface area contributed by atoms with Crippen LogP contribution in [0.2, 0.25) is 18.1 Å². The van der Waals surface area contributed by atoms with Gasteiger partial charge in [-0.25, -0.2) is 0 Å². The van der Waals surface area contributed by atoms with Gasteiger partial charge in [0, 0.05) is 12.2 Å². The van der Waals surface area contributed by atoms with Gasteiger partial charge < -0.3 is 9.16 Å². The molecule has 2 aromatic carbocycles. The van der Waals surface area contributed by atoms with E-state index in [9.17, 15) is 4.79 Å². The average molecular weight is 511 g/mol. The van der Waals surface area contributed by atoms with Crippen LogP contribution in [0.1, 0.15) is 95.5 Å². The SMILES string of the molecule is Cc1cc(C)c(C(C)(C)CCO[Si](C)(C)C(C)(C)C)c(OC(=O)[C@@H](C)c2ccc(CC(C)C)cc2)c1. The predicted octanol–water partition coefficient (Wildman–Crippen LogP) is 8.90. The summed E-state index contributed by atoms with van der Waals surface area (Å²) in [4.78, 5) is 13.3. The molecular weight excluding hydrogens is 460 g/mol. The Labute approximate surface area is 222 Å². The molecule has 2 rings (SSSR count). The van der Waals surface area contributed by atoms with Crippen molar-refractivity contribution in [1.29, 1.82) is 0 Å². The lowest BCUT2D eigenvalue weighted by Gasteiger charge is -2.37. The van der Waals surface area contributed by atoms with E-state index in [1.807, 2.05) is 13.0 Å². The van der Waals surface area contributed by atoms with Crippen molar-refractivity contribution in [2.75, 3.05) is 6.61 Å². The summed E-state index contributed by atoms with van der Waals surface area (Å²) in [5.74, 6) is 0.734. The molecule has 0 aliphatic heterocycles. The number of ether oxygens (including phenoxy) is 1. The van der Waals surface area contributed by atoms with Crippen LogP contribution in [0.25, 0.3) is 0 Å². The van der Waals surface area contributed by atoms with Crippen LogP contribution in [-0.2, 0) is 21.1 Å². The molecule has 0 amide bonds. The second-order valence-electron chi connectivity index (χ2n) is 13.2. The second-order valence-corrected chi connectivity index (χ2v) is 18.0. The van der Waals surface area contributed by atoms with E-state index in [-0.39, 0.29) is 22.3 Å². The maximum absolute atomic E-state index is 13.3. The van der Waals surface area contributed by atoms with Crippen LogP contribution >= 0.6 is 0 Å². The van der Waals surface area contributed by atoms with Crippen molar-refractivity contribution in [2.24, 2.45) is 5.92 Å². The molecule has 0 radical (unpaired) electrons. The quantitative estimate of drug-likeness (QED) is 0.182. The van der Waals surface area contributed by atoms with Gasteiger partial charge in [-0.1, -0.05) is 78.8 Å². The highest BCUT2D eigenvalue weighted by Gasteiger charge is 2.38. The molecule has 4 heteroatoms. The fourth-order valence-electron chi connectivity index (χ4n) is 4.53. The molecule has 0 N–H and O–H groups in total. The molecule has 0 aliphatic rings. The lowest BCUT2D eigenvalue weighted by Crippen LogP contribution is -2.41. The number of benzene rings is 2. The van der Waals surface area contributed by atoms with Gasteiger partial charge in [-0.2, -0.15) is 0 Å². The van der Waals surface area contributed by atoms with Crippen LogP contribution in [0.15, 0.2) is 36.4 Å². The minimum Gasteiger partial charge on any atom is -0.426 e. The van der Waals surface area contributed by atoms with Crippen LogP contribution in [0, 0.1) is 19.8 Å². The number of esters is 1. The van der Waals surface area contributed by atoms with Gasteiger partial charge in [-0.3, -0.25) is 4.79 Å². The normalized spacial score (nSPS) is 13.7. The zero-order chi connectivity index (χ0) is 27.5. The van der Waals surface area contributed by atoms with Crippen molar-refractivity contribution in [2.45, 2.75) is 112 Å². The number of rotatable bonds is 10. The summed E-state index contributed by atoms with van der Waals surface area (Å²) in [6.07, 6.45) is 1.90. The van der Waals surface area contributed by atoms with Crippen molar-refractivity contribution in [1.82, 2.24) is 0 Å². The number of hydrogen-bond donors (Lipinski definition) is 0. The largest absolute Gasteiger partial charge is 0.426 e. The average Bonchev–Trinajstić information content (AvgIpc) is 2.71. The molecule has 0 saturated heterocycles. The topological polar surface area (TPSA) is 35.5 Å². The lowest BCUT2D eigenvalue weighted by molar-refractivity contribution is -0.135. The van der Waals surface area contributed by atoms with E-state index in [4.69, 9.17) is 9.16 Å². The van der Waals surface area contributed by atoms with E-state index < -0.39 is 8.32 Å². The first-order valence-corrected chi connectivity index (χ1v) is 16.4. The van der Waals surface area contributed by atoms with Crippen LogP contribution in [0.5, 0.6) is 5.75 Å². The van der Waals surface area contributed by atoms with E-state index in [1.165, 1.54) is 5.56 Å². The summed E-state index contributed by atoms with van der Waals surface area (Å²) in [6.45, 7) is 27.1. The van der Waals surface area contributed by atoms with Gasteiger partial charge >= 0.3 is 5.97 Å². The lowest BCUT2D eigenvalue weighted by atomic mass is 9.78. The molecule has 0 fully saturated rings. The summed E-state index contributed by atoms with van der Waals surface area (Å²) in [6, 6.07) is 12.6. The molecule has 2 aromatic rings. The Morgan fingerprint density at radius 3 is 2.06 bits per heavy atom. The van der Waals surface area contributed by atoms with Crippen LogP contribution in [0.3, 0.4) is 0 Å². The molecule has 200 valence electrons. The molecule has 0 saturated carbocycles. The van der Waals surface area contributed by atoms with Crippen molar-refractivity contribution in [3.63, 3.8) is 0 Å². The number of aryl methyl sites for hydroxylation is 2. The Hall–Kier alpha value is -1.91. The Morgan fingerprint density at radius 1 is 0.944 bits per heavy atom. The fraction of sp³-hybridized carbons (Fsp3) is 0.594. The molecule has 0 heterocycles. The Morgan fingerprint density at radius 2 is 1.53 bits per heavy atom. The van der Waals surface area contributed by atoms with Gasteiger partial charge in [0.25, 0.3) is 0 Å². The Kier molecular flexibility index (Phi) is 9.80. The van der Waals surface area contributed by atoms with E-state index >= 15 is 0 Å². The standard InChI is InChI=1S/C32H50O3Si/c1-22(2)19-26-13-15-27(16-14-26)25(5)30(33)35-28-21-23(3)20-24(4)29(28)32(9,10)17-18-34-36(11,12)31(6,7)8/h13-16,20-22,25H,17-19H2,1-12H3/t25-/m0/s1. The van der Waals surface area contributed by atoms with Crippen LogP contribution < -0.4 is 4.74 Å². The van der Waals surface area contributed by atoms with Gasteiger partial charge in [0.15, 0.2) is 8.32 Å². The Balaban J connectivity index is 2.24.